The molecule has 1 aromatic heterocycles. The Kier molecular flexibility index (Phi) is 6.10. The number of aromatic nitrogens is 1. The number of carbonyl (C=O) groups is 1. The number of aliphatic hydroxyl groups excluding tert-OH is 1. The van der Waals surface area contributed by atoms with Crippen LogP contribution in [0.5, 0.6) is 0 Å². The fourth-order valence-electron chi connectivity index (χ4n) is 1.34. The number of nitrogens with one attached hydrogen (secondary N) is 2. The molecule has 6 nitrogen and oxygen atoms in total. The van der Waals surface area contributed by atoms with Crippen molar-refractivity contribution in [1.29, 1.82) is 0 Å². The third kappa shape index (κ3) is 6.17. The molecule has 0 aliphatic rings. The molecule has 0 aromatic carbocycles. The van der Waals surface area contributed by atoms with Gasteiger partial charge in [-0.25, -0.2) is 4.98 Å². The van der Waals surface area contributed by atoms with Crippen molar-refractivity contribution < 1.29 is 9.90 Å². The Morgan fingerprint density at radius 3 is 2.94 bits per heavy atom. The molecule has 0 spiro atoms. The summed E-state index contributed by atoms with van der Waals surface area (Å²) in [5.41, 5.74) is 5.29. The van der Waals surface area contributed by atoms with E-state index in [1.165, 1.54) is 0 Å². The molecular formula is C12H20N4O2. The van der Waals surface area contributed by atoms with Crippen molar-refractivity contribution in [2.24, 2.45) is 0 Å². The third-order valence-electron chi connectivity index (χ3n) is 2.34. The summed E-state index contributed by atoms with van der Waals surface area (Å²) in [5.74, 6) is 0.450. The van der Waals surface area contributed by atoms with Crippen LogP contribution in [0.3, 0.4) is 0 Å². The summed E-state index contributed by atoms with van der Waals surface area (Å²) >= 11 is 0. The second-order valence-electron chi connectivity index (χ2n) is 4.26. The predicted octanol–water partition coefficient (Wildman–Crippen LogP) is 0.227. The topological polar surface area (TPSA) is 77.5 Å². The van der Waals surface area contributed by atoms with E-state index in [0.29, 0.717) is 18.8 Å². The summed E-state index contributed by atoms with van der Waals surface area (Å²) < 4.78 is 0. The van der Waals surface area contributed by atoms with Gasteiger partial charge in [0.05, 0.1) is 12.6 Å². The van der Waals surface area contributed by atoms with Gasteiger partial charge in [0.15, 0.2) is 0 Å². The summed E-state index contributed by atoms with van der Waals surface area (Å²) in [4.78, 5) is 17.4. The molecule has 1 atom stereocenters. The number of hydrazine groups is 1. The molecule has 1 rings (SSSR count). The summed E-state index contributed by atoms with van der Waals surface area (Å²) in [6, 6.07) is 5.39. The van der Waals surface area contributed by atoms with Crippen LogP contribution < -0.4 is 10.9 Å². The maximum atomic E-state index is 11.6. The van der Waals surface area contributed by atoms with Crippen molar-refractivity contribution in [3.63, 3.8) is 0 Å². The number of nitrogens with zero attached hydrogens (tertiary/aromatic N) is 2. The Balaban J connectivity index is 2.21. The van der Waals surface area contributed by atoms with Gasteiger partial charge >= 0.3 is 0 Å². The van der Waals surface area contributed by atoms with Gasteiger partial charge in [-0.1, -0.05) is 6.07 Å². The van der Waals surface area contributed by atoms with Crippen molar-refractivity contribution in [3.8, 4) is 0 Å². The van der Waals surface area contributed by atoms with E-state index in [2.05, 4.69) is 15.8 Å². The first-order valence-electron chi connectivity index (χ1n) is 5.90. The van der Waals surface area contributed by atoms with Gasteiger partial charge in [0.25, 0.3) is 5.91 Å². The summed E-state index contributed by atoms with van der Waals surface area (Å²) in [5, 5.41) is 9.14. The van der Waals surface area contributed by atoms with Crippen molar-refractivity contribution in [1.82, 2.24) is 15.3 Å². The summed E-state index contributed by atoms with van der Waals surface area (Å²) in [6.45, 7) is 2.68. The minimum absolute atomic E-state index is 0.145. The highest BCUT2D eigenvalue weighted by Crippen LogP contribution is 1.97. The SMILES string of the molecule is CC(O)CCN(C)CC(=O)NNc1ccccn1. The predicted molar refractivity (Wildman–Crippen MR) is 69.8 cm³/mol. The number of hydrogen-bond donors (Lipinski definition) is 3. The van der Waals surface area contributed by atoms with Crippen LogP contribution in [0.15, 0.2) is 24.4 Å². The number of aliphatic hydroxyl groups is 1. The third-order valence-corrected chi connectivity index (χ3v) is 2.34. The molecule has 0 saturated heterocycles. The lowest BCUT2D eigenvalue weighted by Crippen LogP contribution is -2.39. The van der Waals surface area contributed by atoms with E-state index >= 15 is 0 Å². The molecule has 6 heteroatoms. The molecule has 0 radical (unpaired) electrons. The van der Waals surface area contributed by atoms with Gasteiger partial charge < -0.3 is 5.11 Å². The van der Waals surface area contributed by atoms with Crippen LogP contribution in [0.4, 0.5) is 5.82 Å². The molecule has 0 fully saturated rings. The van der Waals surface area contributed by atoms with Gasteiger partial charge in [-0.05, 0) is 32.5 Å². The maximum Gasteiger partial charge on any atom is 0.252 e. The zero-order valence-electron chi connectivity index (χ0n) is 10.8. The molecule has 3 N–H and O–H groups in total. The Hall–Kier alpha value is -1.66. The van der Waals surface area contributed by atoms with Crippen LogP contribution in [0.2, 0.25) is 0 Å². The van der Waals surface area contributed by atoms with Gasteiger partial charge in [-0.15, -0.1) is 0 Å². The van der Waals surface area contributed by atoms with Gasteiger partial charge in [-0.3, -0.25) is 20.5 Å². The highest BCUT2D eigenvalue weighted by molar-refractivity contribution is 5.79. The Labute approximate surface area is 107 Å². The molecule has 0 bridgehead atoms. The highest BCUT2D eigenvalue weighted by atomic mass is 16.3. The van der Waals surface area contributed by atoms with Crippen molar-refractivity contribution >= 4 is 11.7 Å². The van der Waals surface area contributed by atoms with E-state index < -0.39 is 0 Å². The first kappa shape index (κ1) is 14.4. The van der Waals surface area contributed by atoms with Crippen LogP contribution in [0, 0.1) is 0 Å². The molecule has 0 aliphatic carbocycles. The van der Waals surface area contributed by atoms with Crippen LogP contribution in [0.1, 0.15) is 13.3 Å². The minimum Gasteiger partial charge on any atom is -0.393 e. The number of anilines is 1. The molecular weight excluding hydrogens is 232 g/mol. The van der Waals surface area contributed by atoms with Gasteiger partial charge in [0, 0.05) is 12.7 Å². The number of carbonyl (C=O) groups excluding carboxylic acids is 1. The van der Waals surface area contributed by atoms with Crippen molar-refractivity contribution in [2.45, 2.75) is 19.4 Å². The lowest BCUT2D eigenvalue weighted by atomic mass is 10.3. The molecule has 0 saturated carbocycles. The smallest absolute Gasteiger partial charge is 0.252 e. The van der Waals surface area contributed by atoms with E-state index in [4.69, 9.17) is 5.11 Å². The van der Waals surface area contributed by atoms with Crippen LogP contribution >= 0.6 is 0 Å². The van der Waals surface area contributed by atoms with Gasteiger partial charge in [-0.2, -0.15) is 0 Å². The lowest BCUT2D eigenvalue weighted by Gasteiger charge is -2.17. The average molecular weight is 252 g/mol. The van der Waals surface area contributed by atoms with Crippen LogP contribution in [-0.2, 0) is 4.79 Å². The first-order valence-corrected chi connectivity index (χ1v) is 5.90. The number of rotatable bonds is 7. The Bertz CT molecular complexity index is 356. The molecule has 18 heavy (non-hydrogen) atoms. The van der Waals surface area contributed by atoms with Gasteiger partial charge in [0.2, 0.25) is 0 Å². The Morgan fingerprint density at radius 1 is 1.56 bits per heavy atom. The molecule has 1 heterocycles. The summed E-state index contributed by atoms with van der Waals surface area (Å²) in [7, 11) is 1.84. The summed E-state index contributed by atoms with van der Waals surface area (Å²) in [6.07, 6.45) is 1.95. The Morgan fingerprint density at radius 2 is 2.33 bits per heavy atom. The number of pyridine rings is 1. The minimum atomic E-state index is -0.345. The maximum absolute atomic E-state index is 11.6. The lowest BCUT2D eigenvalue weighted by molar-refractivity contribution is -0.121. The number of hydrogen-bond acceptors (Lipinski definition) is 5. The number of likely N-dealkylation sites (N-methyl/N-ethyl adjacent to an activating group) is 1. The average Bonchev–Trinajstić information content (AvgIpc) is 2.35. The fraction of sp³-hybridized carbons (Fsp3) is 0.500. The normalized spacial score (nSPS) is 12.2. The fourth-order valence-corrected chi connectivity index (χ4v) is 1.34. The van der Waals surface area contributed by atoms with E-state index in [0.717, 1.165) is 0 Å². The number of amides is 1. The second kappa shape index (κ2) is 7.62. The zero-order chi connectivity index (χ0) is 13.4. The van der Waals surface area contributed by atoms with Crippen LogP contribution in [0.25, 0.3) is 0 Å². The molecule has 1 unspecified atom stereocenters. The van der Waals surface area contributed by atoms with E-state index in [1.54, 1.807) is 25.3 Å². The monoisotopic (exact) mass is 252 g/mol. The first-order chi connectivity index (χ1) is 8.58. The molecule has 1 aromatic rings. The largest absolute Gasteiger partial charge is 0.393 e. The quantitative estimate of drug-likeness (QED) is 0.605. The molecule has 0 aliphatic heterocycles. The molecule has 1 amide bonds. The standard InChI is InChI=1S/C12H20N4O2/c1-10(17)6-8-16(2)9-12(18)15-14-11-5-3-4-7-13-11/h3-5,7,10,17H,6,8-9H2,1-2H3,(H,13,14)(H,15,18). The van der Waals surface area contributed by atoms with Crippen molar-refractivity contribution in [3.05, 3.63) is 24.4 Å². The van der Waals surface area contributed by atoms with E-state index in [-0.39, 0.29) is 18.6 Å². The van der Waals surface area contributed by atoms with E-state index in [9.17, 15) is 4.79 Å². The zero-order valence-corrected chi connectivity index (χ0v) is 10.8. The van der Waals surface area contributed by atoms with Gasteiger partial charge in [0.1, 0.15) is 5.82 Å². The second-order valence-corrected chi connectivity index (χ2v) is 4.26. The van der Waals surface area contributed by atoms with Crippen molar-refractivity contribution in [2.75, 3.05) is 25.6 Å². The molecule has 100 valence electrons. The highest BCUT2D eigenvalue weighted by Gasteiger charge is 2.07. The van der Waals surface area contributed by atoms with Crippen LogP contribution in [-0.4, -0.2) is 47.1 Å². The van der Waals surface area contributed by atoms with E-state index in [1.807, 2.05) is 18.0 Å².